The van der Waals surface area contributed by atoms with E-state index in [2.05, 4.69) is 5.92 Å². The number of carbonyl (C=O) groups excluding carboxylic acids is 1. The number of rotatable bonds is 5. The van der Waals surface area contributed by atoms with E-state index in [1.54, 1.807) is 36.4 Å². The van der Waals surface area contributed by atoms with Crippen LogP contribution >= 0.6 is 11.6 Å². The summed E-state index contributed by atoms with van der Waals surface area (Å²) in [6, 6.07) is 13.4. The smallest absolute Gasteiger partial charge is 0.193 e. The molecule has 0 aromatic heterocycles. The number of benzene rings is 2. The monoisotopic (exact) mass is 312 g/mol. The third-order valence-corrected chi connectivity index (χ3v) is 3.09. The highest BCUT2D eigenvalue weighted by Crippen LogP contribution is 2.24. The number of allylic oxidation sites excluding steroid dienone is 1. The second kappa shape index (κ2) is 7.35. The van der Waals surface area contributed by atoms with Crippen molar-refractivity contribution >= 4 is 23.1 Å². The lowest BCUT2D eigenvalue weighted by atomic mass is 10.1. The largest absolute Gasteiger partial charge is 0.507 e. The van der Waals surface area contributed by atoms with E-state index in [4.69, 9.17) is 22.8 Å². The molecule has 0 radical (unpaired) electrons. The van der Waals surface area contributed by atoms with Gasteiger partial charge in [0.15, 0.2) is 5.78 Å². The molecule has 2 aromatic carbocycles. The van der Waals surface area contributed by atoms with Crippen molar-refractivity contribution in [1.82, 2.24) is 0 Å². The average molecular weight is 313 g/mol. The van der Waals surface area contributed by atoms with Crippen LogP contribution in [0, 0.1) is 12.3 Å². The highest BCUT2D eigenvalue weighted by Gasteiger charge is 2.13. The van der Waals surface area contributed by atoms with Gasteiger partial charge in [0.25, 0.3) is 0 Å². The summed E-state index contributed by atoms with van der Waals surface area (Å²) >= 11 is 5.92. The normalized spacial score (nSPS) is 10.8. The number of aliphatic hydroxyl groups excluding tert-OH is 1. The molecule has 0 aliphatic rings. The maximum absolute atomic E-state index is 12.3. The number of terminal acetylenes is 1. The molecule has 0 heterocycles. The van der Waals surface area contributed by atoms with Crippen LogP contribution in [0.2, 0.25) is 5.02 Å². The molecule has 110 valence electrons. The van der Waals surface area contributed by atoms with Gasteiger partial charge < -0.3 is 9.84 Å². The van der Waals surface area contributed by atoms with Gasteiger partial charge in [-0.05, 0) is 18.2 Å². The van der Waals surface area contributed by atoms with Crippen LogP contribution in [0.25, 0.3) is 5.76 Å². The lowest BCUT2D eigenvalue weighted by Gasteiger charge is -2.08. The van der Waals surface area contributed by atoms with E-state index >= 15 is 0 Å². The van der Waals surface area contributed by atoms with Crippen molar-refractivity contribution in [1.29, 1.82) is 0 Å². The zero-order chi connectivity index (χ0) is 15.9. The predicted molar refractivity (Wildman–Crippen MR) is 87.2 cm³/mol. The second-order valence-corrected chi connectivity index (χ2v) is 4.83. The fraction of sp³-hybridized carbons (Fsp3) is 0.0556. The van der Waals surface area contributed by atoms with Gasteiger partial charge in [0.2, 0.25) is 0 Å². The molecule has 0 spiro atoms. The standard InChI is InChI=1S/C18H13ClO3/c1-2-10-22-18-9-8-14(19)11-15(18)17(21)12-16(20)13-6-4-3-5-7-13/h1,3-9,11-12,20H,10H2/b16-12-. The summed E-state index contributed by atoms with van der Waals surface area (Å²) in [6.45, 7) is 0.0380. The molecule has 2 rings (SSSR count). The first kappa shape index (κ1) is 15.7. The molecular formula is C18H13ClO3. The molecule has 4 heteroatoms. The van der Waals surface area contributed by atoms with Gasteiger partial charge in [0.05, 0.1) is 5.56 Å². The van der Waals surface area contributed by atoms with Crippen LogP contribution in [0.4, 0.5) is 0 Å². The molecule has 22 heavy (non-hydrogen) atoms. The van der Waals surface area contributed by atoms with Crippen LogP contribution in [0.1, 0.15) is 15.9 Å². The summed E-state index contributed by atoms with van der Waals surface area (Å²) in [6.07, 6.45) is 6.28. The van der Waals surface area contributed by atoms with Crippen molar-refractivity contribution < 1.29 is 14.6 Å². The van der Waals surface area contributed by atoms with E-state index in [9.17, 15) is 9.90 Å². The van der Waals surface area contributed by atoms with Crippen LogP contribution in [-0.2, 0) is 0 Å². The average Bonchev–Trinajstić information content (AvgIpc) is 2.54. The van der Waals surface area contributed by atoms with Crippen molar-refractivity contribution in [3.05, 3.63) is 70.8 Å². The number of carbonyl (C=O) groups is 1. The van der Waals surface area contributed by atoms with Crippen LogP contribution in [0.3, 0.4) is 0 Å². The zero-order valence-corrected chi connectivity index (χ0v) is 12.4. The third-order valence-electron chi connectivity index (χ3n) is 2.86. The topological polar surface area (TPSA) is 46.5 Å². The van der Waals surface area contributed by atoms with E-state index in [1.807, 2.05) is 6.07 Å². The van der Waals surface area contributed by atoms with Gasteiger partial charge in [0, 0.05) is 16.7 Å². The highest BCUT2D eigenvalue weighted by molar-refractivity contribution is 6.31. The number of halogens is 1. The van der Waals surface area contributed by atoms with Crippen LogP contribution in [0.5, 0.6) is 5.75 Å². The summed E-state index contributed by atoms with van der Waals surface area (Å²) < 4.78 is 5.32. The summed E-state index contributed by atoms with van der Waals surface area (Å²) in [7, 11) is 0. The molecule has 2 aromatic rings. The van der Waals surface area contributed by atoms with Crippen molar-refractivity contribution in [2.45, 2.75) is 0 Å². The van der Waals surface area contributed by atoms with Gasteiger partial charge in [-0.3, -0.25) is 4.79 Å². The Labute approximate surface area is 133 Å². The van der Waals surface area contributed by atoms with E-state index in [0.29, 0.717) is 16.3 Å². The Morgan fingerprint density at radius 1 is 1.27 bits per heavy atom. The van der Waals surface area contributed by atoms with Crippen molar-refractivity contribution in [2.24, 2.45) is 0 Å². The predicted octanol–water partition coefficient (Wildman–Crippen LogP) is 4.13. The van der Waals surface area contributed by atoms with E-state index in [0.717, 1.165) is 6.08 Å². The Kier molecular flexibility index (Phi) is 5.24. The number of hydrogen-bond donors (Lipinski definition) is 1. The summed E-state index contributed by atoms with van der Waals surface area (Å²) in [5.74, 6) is 2.10. The number of hydrogen-bond acceptors (Lipinski definition) is 3. The Morgan fingerprint density at radius 2 is 2.00 bits per heavy atom. The van der Waals surface area contributed by atoms with E-state index < -0.39 is 5.78 Å². The van der Waals surface area contributed by atoms with Gasteiger partial charge >= 0.3 is 0 Å². The molecule has 1 N–H and O–H groups in total. The molecule has 0 bridgehead atoms. The van der Waals surface area contributed by atoms with Crippen molar-refractivity contribution in [3.8, 4) is 18.1 Å². The fourth-order valence-corrected chi connectivity index (χ4v) is 2.01. The Bertz CT molecular complexity index is 743. The molecule has 0 aliphatic carbocycles. The fourth-order valence-electron chi connectivity index (χ4n) is 1.83. The van der Waals surface area contributed by atoms with Gasteiger partial charge in [0.1, 0.15) is 18.1 Å². The molecule has 0 aliphatic heterocycles. The van der Waals surface area contributed by atoms with Gasteiger partial charge in [-0.1, -0.05) is 47.9 Å². The number of ketones is 1. The van der Waals surface area contributed by atoms with Gasteiger partial charge in [-0.15, -0.1) is 6.42 Å². The van der Waals surface area contributed by atoms with E-state index in [-0.39, 0.29) is 17.9 Å². The highest BCUT2D eigenvalue weighted by atomic mass is 35.5. The third kappa shape index (κ3) is 3.91. The molecule has 0 atom stereocenters. The SMILES string of the molecule is C#CCOc1ccc(Cl)cc1C(=O)/C=C(\O)c1ccccc1. The second-order valence-electron chi connectivity index (χ2n) is 4.39. The van der Waals surface area contributed by atoms with Crippen LogP contribution < -0.4 is 4.74 Å². The summed E-state index contributed by atoms with van der Waals surface area (Å²) in [5, 5.41) is 10.4. The minimum Gasteiger partial charge on any atom is -0.507 e. The first-order chi connectivity index (χ1) is 10.6. The van der Waals surface area contributed by atoms with E-state index in [1.165, 1.54) is 6.07 Å². The maximum Gasteiger partial charge on any atom is 0.193 e. The Hall–Kier alpha value is -2.70. The molecule has 3 nitrogen and oxygen atoms in total. The molecule has 0 saturated heterocycles. The molecule has 0 saturated carbocycles. The maximum atomic E-state index is 12.3. The molecule has 0 fully saturated rings. The molecule has 0 amide bonds. The minimum absolute atomic E-state index is 0.0380. The van der Waals surface area contributed by atoms with Gasteiger partial charge in [-0.25, -0.2) is 0 Å². The quantitative estimate of drug-likeness (QED) is 0.391. The van der Waals surface area contributed by atoms with Crippen LogP contribution in [0.15, 0.2) is 54.6 Å². The Morgan fingerprint density at radius 3 is 2.68 bits per heavy atom. The zero-order valence-electron chi connectivity index (χ0n) is 11.6. The summed E-state index contributed by atoms with van der Waals surface area (Å²) in [5.41, 5.74) is 0.786. The lowest BCUT2D eigenvalue weighted by Crippen LogP contribution is -2.03. The first-order valence-electron chi connectivity index (χ1n) is 6.48. The van der Waals surface area contributed by atoms with Crippen LogP contribution in [-0.4, -0.2) is 17.5 Å². The lowest BCUT2D eigenvalue weighted by molar-refractivity contribution is 0.104. The number of aliphatic hydroxyl groups is 1. The molecule has 0 unspecified atom stereocenters. The minimum atomic E-state index is -0.420. The number of ether oxygens (including phenoxy) is 1. The van der Waals surface area contributed by atoms with Crippen molar-refractivity contribution in [2.75, 3.05) is 6.61 Å². The first-order valence-corrected chi connectivity index (χ1v) is 6.86. The summed E-state index contributed by atoms with van der Waals surface area (Å²) in [4.78, 5) is 12.3. The molecular weight excluding hydrogens is 300 g/mol. The Balaban J connectivity index is 2.33. The van der Waals surface area contributed by atoms with Crippen molar-refractivity contribution in [3.63, 3.8) is 0 Å². The van der Waals surface area contributed by atoms with Gasteiger partial charge in [-0.2, -0.15) is 0 Å².